The molecule has 126 valence electrons. The Labute approximate surface area is 140 Å². The quantitative estimate of drug-likeness (QED) is 0.852. The van der Waals surface area contributed by atoms with Gasteiger partial charge in [-0.1, -0.05) is 6.07 Å². The highest BCUT2D eigenvalue weighted by molar-refractivity contribution is 5.84. The third-order valence-corrected chi connectivity index (χ3v) is 4.93. The minimum Gasteiger partial charge on any atom is -0.419 e. The van der Waals surface area contributed by atoms with Crippen LogP contribution in [-0.4, -0.2) is 52.3 Å². The fraction of sp³-hybridized carbons (Fsp3) is 0.529. The van der Waals surface area contributed by atoms with Crippen molar-refractivity contribution < 1.29 is 13.9 Å². The Balaban J connectivity index is 1.47. The molecule has 2 aliphatic heterocycles. The van der Waals surface area contributed by atoms with Crippen LogP contribution in [0.1, 0.15) is 26.2 Å². The van der Waals surface area contributed by atoms with Gasteiger partial charge < -0.3 is 14.1 Å². The molecule has 1 atom stereocenters. The third-order valence-electron chi connectivity index (χ3n) is 4.93. The summed E-state index contributed by atoms with van der Waals surface area (Å²) in [6, 6.07) is 5.55. The molecule has 2 aliphatic rings. The molecule has 2 fully saturated rings. The van der Waals surface area contributed by atoms with Crippen LogP contribution in [0.25, 0.3) is 11.6 Å². The molecular weight excluding hydrogens is 308 g/mol. The van der Waals surface area contributed by atoms with Crippen molar-refractivity contribution in [3.05, 3.63) is 30.3 Å². The molecule has 0 aromatic carbocycles. The highest BCUT2D eigenvalue weighted by atomic mass is 16.5. The number of pyridine rings is 1. The van der Waals surface area contributed by atoms with E-state index >= 15 is 0 Å². The number of hydrogen-bond acceptors (Lipinski definition) is 6. The third kappa shape index (κ3) is 2.39. The lowest BCUT2D eigenvalue weighted by Gasteiger charge is -2.47. The average Bonchev–Trinajstić information content (AvgIpc) is 3.22. The standard InChI is InChI=1S/C17H20N4O3/c1-16(6-8-23-11-16)15(22)21-9-17(2,10-21)14-20-19-13(24-14)12-5-3-4-7-18-12/h3-5,7H,6,8-11H2,1-2H3. The van der Waals surface area contributed by atoms with Gasteiger partial charge in [-0.25, -0.2) is 0 Å². The van der Waals surface area contributed by atoms with Gasteiger partial charge in [-0.3, -0.25) is 9.78 Å². The van der Waals surface area contributed by atoms with E-state index in [1.54, 1.807) is 6.20 Å². The van der Waals surface area contributed by atoms with Gasteiger partial charge in [-0.2, -0.15) is 0 Å². The van der Waals surface area contributed by atoms with Crippen molar-refractivity contribution in [1.29, 1.82) is 0 Å². The van der Waals surface area contributed by atoms with Gasteiger partial charge in [0.2, 0.25) is 11.8 Å². The maximum absolute atomic E-state index is 12.7. The first-order valence-electron chi connectivity index (χ1n) is 8.13. The zero-order valence-corrected chi connectivity index (χ0v) is 13.9. The lowest BCUT2D eigenvalue weighted by atomic mass is 9.78. The van der Waals surface area contributed by atoms with E-state index in [0.29, 0.717) is 43.8 Å². The lowest BCUT2D eigenvalue weighted by molar-refractivity contribution is -0.149. The maximum atomic E-state index is 12.7. The first kappa shape index (κ1) is 15.3. The van der Waals surface area contributed by atoms with Gasteiger partial charge in [-0.05, 0) is 32.4 Å². The van der Waals surface area contributed by atoms with Crippen LogP contribution in [0, 0.1) is 5.41 Å². The second-order valence-electron chi connectivity index (χ2n) is 7.21. The molecule has 1 unspecified atom stereocenters. The summed E-state index contributed by atoms with van der Waals surface area (Å²) in [7, 11) is 0. The molecule has 24 heavy (non-hydrogen) atoms. The van der Waals surface area contributed by atoms with Crippen molar-refractivity contribution >= 4 is 5.91 Å². The monoisotopic (exact) mass is 328 g/mol. The zero-order valence-electron chi connectivity index (χ0n) is 13.9. The predicted octanol–water partition coefficient (Wildman–Crippen LogP) is 1.66. The Bertz CT molecular complexity index is 746. The smallest absolute Gasteiger partial charge is 0.266 e. The minimum absolute atomic E-state index is 0.155. The number of likely N-dealkylation sites (tertiary alicyclic amines) is 1. The molecule has 7 heteroatoms. The number of nitrogens with zero attached hydrogens (tertiary/aromatic N) is 4. The van der Waals surface area contributed by atoms with Gasteiger partial charge in [0.25, 0.3) is 5.89 Å². The molecule has 2 aromatic rings. The van der Waals surface area contributed by atoms with Crippen molar-refractivity contribution in [3.63, 3.8) is 0 Å². The van der Waals surface area contributed by atoms with Crippen LogP contribution >= 0.6 is 0 Å². The van der Waals surface area contributed by atoms with E-state index in [1.165, 1.54) is 0 Å². The number of amides is 1. The van der Waals surface area contributed by atoms with Crippen molar-refractivity contribution in [1.82, 2.24) is 20.1 Å². The van der Waals surface area contributed by atoms with E-state index in [1.807, 2.05) is 36.9 Å². The van der Waals surface area contributed by atoms with Gasteiger partial charge in [0.15, 0.2) is 0 Å². The summed E-state index contributed by atoms with van der Waals surface area (Å²) >= 11 is 0. The Morgan fingerprint density at radius 1 is 1.25 bits per heavy atom. The SMILES string of the molecule is CC1(C(=O)N2CC(C)(c3nnc(-c4ccccn4)o3)C2)CCOC1. The van der Waals surface area contributed by atoms with E-state index in [-0.39, 0.29) is 11.3 Å². The molecule has 0 aliphatic carbocycles. The summed E-state index contributed by atoms with van der Waals surface area (Å²) in [5, 5.41) is 8.27. The van der Waals surface area contributed by atoms with Crippen LogP contribution in [0.2, 0.25) is 0 Å². The predicted molar refractivity (Wildman–Crippen MR) is 85.0 cm³/mol. The van der Waals surface area contributed by atoms with E-state index in [9.17, 15) is 4.79 Å². The Kier molecular flexibility index (Phi) is 3.42. The normalized spacial score (nSPS) is 25.5. The fourth-order valence-corrected chi connectivity index (χ4v) is 3.35. The van der Waals surface area contributed by atoms with Crippen molar-refractivity contribution in [3.8, 4) is 11.6 Å². The summed E-state index contributed by atoms with van der Waals surface area (Å²) in [6.45, 7) is 6.36. The number of hydrogen-bond donors (Lipinski definition) is 0. The molecule has 4 heterocycles. The van der Waals surface area contributed by atoms with E-state index < -0.39 is 5.41 Å². The van der Waals surface area contributed by atoms with E-state index in [0.717, 1.165) is 6.42 Å². The number of carbonyl (C=O) groups excluding carboxylic acids is 1. The van der Waals surface area contributed by atoms with Crippen LogP contribution in [-0.2, 0) is 14.9 Å². The largest absolute Gasteiger partial charge is 0.419 e. The second kappa shape index (κ2) is 5.37. The van der Waals surface area contributed by atoms with E-state index in [4.69, 9.17) is 9.15 Å². The summed E-state index contributed by atoms with van der Waals surface area (Å²) < 4.78 is 11.2. The topological polar surface area (TPSA) is 81.4 Å². The number of aromatic nitrogens is 3. The fourth-order valence-electron chi connectivity index (χ4n) is 3.35. The summed E-state index contributed by atoms with van der Waals surface area (Å²) in [6.07, 6.45) is 2.47. The van der Waals surface area contributed by atoms with Gasteiger partial charge in [-0.15, -0.1) is 10.2 Å². The highest BCUT2D eigenvalue weighted by Crippen LogP contribution is 2.39. The average molecular weight is 328 g/mol. The van der Waals surface area contributed by atoms with E-state index in [2.05, 4.69) is 15.2 Å². The lowest BCUT2D eigenvalue weighted by Crippen LogP contribution is -2.62. The van der Waals surface area contributed by atoms with Crippen molar-refractivity contribution in [2.75, 3.05) is 26.3 Å². The first-order valence-corrected chi connectivity index (χ1v) is 8.13. The van der Waals surface area contributed by atoms with Crippen LogP contribution in [0.3, 0.4) is 0 Å². The van der Waals surface area contributed by atoms with Crippen LogP contribution in [0.4, 0.5) is 0 Å². The highest BCUT2D eigenvalue weighted by Gasteiger charge is 2.51. The molecule has 0 saturated carbocycles. The zero-order chi connectivity index (χ0) is 16.8. The Hall–Kier alpha value is -2.28. The van der Waals surface area contributed by atoms with Crippen LogP contribution in [0.5, 0.6) is 0 Å². The summed E-state index contributed by atoms with van der Waals surface area (Å²) in [5.74, 6) is 1.12. The summed E-state index contributed by atoms with van der Waals surface area (Å²) in [5.41, 5.74) is -0.0383. The van der Waals surface area contributed by atoms with Crippen LogP contribution < -0.4 is 0 Å². The number of ether oxygens (including phenoxy) is 1. The molecule has 2 saturated heterocycles. The van der Waals surface area contributed by atoms with Crippen molar-refractivity contribution in [2.45, 2.75) is 25.7 Å². The van der Waals surface area contributed by atoms with Gasteiger partial charge in [0.1, 0.15) is 5.69 Å². The minimum atomic E-state index is -0.394. The Morgan fingerprint density at radius 3 is 2.75 bits per heavy atom. The van der Waals surface area contributed by atoms with Gasteiger partial charge in [0.05, 0.1) is 17.4 Å². The molecular formula is C17H20N4O3. The molecule has 0 N–H and O–H groups in total. The maximum Gasteiger partial charge on any atom is 0.266 e. The van der Waals surface area contributed by atoms with Crippen molar-refractivity contribution in [2.24, 2.45) is 5.41 Å². The molecule has 0 spiro atoms. The molecule has 0 bridgehead atoms. The molecule has 2 aromatic heterocycles. The molecule has 4 rings (SSSR count). The van der Waals surface area contributed by atoms with Crippen LogP contribution in [0.15, 0.2) is 28.8 Å². The van der Waals surface area contributed by atoms with Gasteiger partial charge in [0, 0.05) is 25.9 Å². The number of rotatable bonds is 3. The molecule has 7 nitrogen and oxygen atoms in total. The molecule has 1 amide bonds. The summed E-state index contributed by atoms with van der Waals surface area (Å²) in [4.78, 5) is 18.7. The Morgan fingerprint density at radius 2 is 2.08 bits per heavy atom. The first-order chi connectivity index (χ1) is 11.5. The second-order valence-corrected chi connectivity index (χ2v) is 7.21. The molecule has 0 radical (unpaired) electrons. The number of carbonyl (C=O) groups is 1. The van der Waals surface area contributed by atoms with Gasteiger partial charge >= 0.3 is 0 Å².